The third kappa shape index (κ3) is 3.47. The fourth-order valence-corrected chi connectivity index (χ4v) is 2.83. The summed E-state index contributed by atoms with van der Waals surface area (Å²) in [4.78, 5) is 0. The normalized spacial score (nSPS) is 11.3. The van der Waals surface area contributed by atoms with Crippen molar-refractivity contribution in [1.29, 1.82) is 0 Å². The van der Waals surface area contributed by atoms with E-state index in [4.69, 9.17) is 9.15 Å². The maximum absolute atomic E-state index is 5.80. The highest BCUT2D eigenvalue weighted by Crippen LogP contribution is 2.29. The van der Waals surface area contributed by atoms with E-state index in [1.54, 1.807) is 18.4 Å². The molecule has 21 heavy (non-hydrogen) atoms. The Morgan fingerprint density at radius 3 is 3.00 bits per heavy atom. The molecule has 5 nitrogen and oxygen atoms in total. The van der Waals surface area contributed by atoms with E-state index in [2.05, 4.69) is 15.5 Å². The van der Waals surface area contributed by atoms with E-state index >= 15 is 0 Å². The minimum atomic E-state index is 0.723. The molecule has 0 fully saturated rings. The molecule has 0 aliphatic carbocycles. The van der Waals surface area contributed by atoms with Crippen molar-refractivity contribution in [2.24, 2.45) is 0 Å². The van der Waals surface area contributed by atoms with Gasteiger partial charge in [-0.15, -0.1) is 10.2 Å². The Labute approximate surface area is 127 Å². The van der Waals surface area contributed by atoms with Gasteiger partial charge in [0, 0.05) is 32.0 Å². The number of para-hydroxylation sites is 1. The molecule has 0 unspecified atom stereocenters. The molecule has 0 saturated heterocycles. The van der Waals surface area contributed by atoms with Crippen LogP contribution in [0.15, 0.2) is 34.7 Å². The number of hydrogen-bond donors (Lipinski definition) is 1. The maximum atomic E-state index is 5.80. The zero-order valence-corrected chi connectivity index (χ0v) is 12.7. The molecule has 0 aliphatic heterocycles. The number of methoxy groups -OCH3 is 1. The summed E-state index contributed by atoms with van der Waals surface area (Å²) in [7, 11) is 1.70. The summed E-state index contributed by atoms with van der Waals surface area (Å²) in [6, 6.07) is 9.96. The van der Waals surface area contributed by atoms with Gasteiger partial charge in [0.05, 0.1) is 6.61 Å². The van der Waals surface area contributed by atoms with Gasteiger partial charge in [-0.3, -0.25) is 0 Å². The van der Waals surface area contributed by atoms with Crippen LogP contribution >= 0.6 is 11.3 Å². The average molecular weight is 303 g/mol. The quantitative estimate of drug-likeness (QED) is 0.680. The molecule has 2 aromatic heterocycles. The van der Waals surface area contributed by atoms with Crippen LogP contribution in [0, 0.1) is 0 Å². The van der Waals surface area contributed by atoms with Crippen LogP contribution in [-0.4, -0.2) is 37.0 Å². The fraction of sp³-hybridized carbons (Fsp3) is 0.333. The van der Waals surface area contributed by atoms with Crippen molar-refractivity contribution >= 4 is 22.3 Å². The summed E-state index contributed by atoms with van der Waals surface area (Å²) in [5.74, 6) is 0.785. The highest BCUT2D eigenvalue weighted by molar-refractivity contribution is 7.14. The van der Waals surface area contributed by atoms with E-state index in [0.717, 1.165) is 52.9 Å². The van der Waals surface area contributed by atoms with Crippen molar-refractivity contribution in [2.75, 3.05) is 26.8 Å². The lowest BCUT2D eigenvalue weighted by Crippen LogP contribution is -2.21. The summed E-state index contributed by atoms with van der Waals surface area (Å²) >= 11 is 1.58. The molecule has 0 aliphatic rings. The largest absolute Gasteiger partial charge is 0.453 e. The molecule has 0 radical (unpaired) electrons. The first-order valence-electron chi connectivity index (χ1n) is 6.88. The minimum absolute atomic E-state index is 0.723. The van der Waals surface area contributed by atoms with E-state index in [1.165, 1.54) is 0 Å². The van der Waals surface area contributed by atoms with Crippen molar-refractivity contribution in [3.8, 4) is 10.8 Å². The van der Waals surface area contributed by atoms with Gasteiger partial charge < -0.3 is 14.5 Å². The Kier molecular flexibility index (Phi) is 4.59. The number of aromatic nitrogens is 2. The third-order valence-corrected chi connectivity index (χ3v) is 4.10. The summed E-state index contributed by atoms with van der Waals surface area (Å²) < 4.78 is 10.8. The molecule has 0 spiro atoms. The summed E-state index contributed by atoms with van der Waals surface area (Å²) in [6.45, 7) is 2.45. The topological polar surface area (TPSA) is 60.2 Å². The number of benzene rings is 1. The second kappa shape index (κ2) is 6.80. The first-order valence-corrected chi connectivity index (χ1v) is 7.69. The number of nitrogens with one attached hydrogen (secondary N) is 1. The zero-order chi connectivity index (χ0) is 14.5. The number of furan rings is 1. The Bertz CT molecular complexity index is 675. The van der Waals surface area contributed by atoms with Gasteiger partial charge in [-0.1, -0.05) is 29.5 Å². The number of fused-ring (bicyclic) bond motifs is 1. The van der Waals surface area contributed by atoms with E-state index in [1.807, 2.05) is 30.3 Å². The number of rotatable bonds is 7. The Balaban J connectivity index is 1.64. The Morgan fingerprint density at radius 2 is 2.14 bits per heavy atom. The van der Waals surface area contributed by atoms with Crippen LogP contribution in [-0.2, 0) is 11.2 Å². The molecule has 1 aromatic carbocycles. The highest BCUT2D eigenvalue weighted by Gasteiger charge is 2.11. The van der Waals surface area contributed by atoms with Gasteiger partial charge in [-0.05, 0) is 12.1 Å². The van der Waals surface area contributed by atoms with Crippen molar-refractivity contribution < 1.29 is 9.15 Å². The molecule has 0 atom stereocenters. The van der Waals surface area contributed by atoms with Gasteiger partial charge in [-0.25, -0.2) is 0 Å². The molecular weight excluding hydrogens is 286 g/mol. The maximum Gasteiger partial charge on any atom is 0.183 e. The molecule has 6 heteroatoms. The van der Waals surface area contributed by atoms with Crippen molar-refractivity contribution in [2.45, 2.75) is 6.42 Å². The van der Waals surface area contributed by atoms with Crippen LogP contribution < -0.4 is 5.32 Å². The van der Waals surface area contributed by atoms with E-state index < -0.39 is 0 Å². The summed E-state index contributed by atoms with van der Waals surface area (Å²) in [5.41, 5.74) is 0.880. The second-order valence-corrected chi connectivity index (χ2v) is 5.70. The zero-order valence-electron chi connectivity index (χ0n) is 11.8. The van der Waals surface area contributed by atoms with Crippen LogP contribution in [0.5, 0.6) is 0 Å². The van der Waals surface area contributed by atoms with Crippen molar-refractivity contribution in [3.05, 3.63) is 35.3 Å². The number of hydrogen-bond acceptors (Lipinski definition) is 6. The van der Waals surface area contributed by atoms with Crippen LogP contribution in [0.2, 0.25) is 0 Å². The number of nitrogens with zero attached hydrogens (tertiary/aromatic N) is 2. The summed E-state index contributed by atoms with van der Waals surface area (Å²) in [5, 5.41) is 14.7. The SMILES string of the molecule is COCCNCCc1nnc(-c2cc3ccccc3o2)s1. The molecule has 1 N–H and O–H groups in total. The predicted molar refractivity (Wildman–Crippen MR) is 83.6 cm³/mol. The van der Waals surface area contributed by atoms with Crippen LogP contribution in [0.25, 0.3) is 21.7 Å². The van der Waals surface area contributed by atoms with Crippen molar-refractivity contribution in [3.63, 3.8) is 0 Å². The summed E-state index contributed by atoms with van der Waals surface area (Å²) in [6.07, 6.45) is 0.863. The van der Waals surface area contributed by atoms with Gasteiger partial charge >= 0.3 is 0 Å². The van der Waals surface area contributed by atoms with E-state index in [9.17, 15) is 0 Å². The van der Waals surface area contributed by atoms with Gasteiger partial charge in [0.15, 0.2) is 10.8 Å². The predicted octanol–water partition coefficient (Wildman–Crippen LogP) is 2.73. The molecule has 0 amide bonds. The Hall–Kier alpha value is -1.76. The van der Waals surface area contributed by atoms with Crippen LogP contribution in [0.4, 0.5) is 0 Å². The average Bonchev–Trinajstić information content (AvgIpc) is 3.13. The molecule has 0 saturated carbocycles. The number of ether oxygens (including phenoxy) is 1. The molecule has 2 heterocycles. The lowest BCUT2D eigenvalue weighted by Gasteiger charge is -2.00. The van der Waals surface area contributed by atoms with Gasteiger partial charge in [0.1, 0.15) is 10.6 Å². The van der Waals surface area contributed by atoms with Gasteiger partial charge in [0.25, 0.3) is 0 Å². The smallest absolute Gasteiger partial charge is 0.183 e. The first kappa shape index (κ1) is 14.2. The standard InChI is InChI=1S/C15H17N3O2S/c1-19-9-8-16-7-6-14-17-18-15(21-14)13-10-11-4-2-3-5-12(11)20-13/h2-5,10,16H,6-9H2,1H3. The lowest BCUT2D eigenvalue weighted by atomic mass is 10.2. The van der Waals surface area contributed by atoms with E-state index in [0.29, 0.717) is 0 Å². The van der Waals surface area contributed by atoms with Crippen LogP contribution in [0.1, 0.15) is 5.01 Å². The monoisotopic (exact) mass is 303 g/mol. The third-order valence-electron chi connectivity index (χ3n) is 3.10. The first-order chi connectivity index (χ1) is 10.4. The van der Waals surface area contributed by atoms with Crippen molar-refractivity contribution in [1.82, 2.24) is 15.5 Å². The minimum Gasteiger partial charge on any atom is -0.453 e. The van der Waals surface area contributed by atoms with E-state index in [-0.39, 0.29) is 0 Å². The Morgan fingerprint density at radius 1 is 1.24 bits per heavy atom. The second-order valence-electron chi connectivity index (χ2n) is 4.64. The molecule has 3 aromatic rings. The molecular formula is C15H17N3O2S. The highest BCUT2D eigenvalue weighted by atomic mass is 32.1. The van der Waals surface area contributed by atoms with Crippen LogP contribution in [0.3, 0.4) is 0 Å². The van der Waals surface area contributed by atoms with Gasteiger partial charge in [-0.2, -0.15) is 0 Å². The molecule has 0 bridgehead atoms. The van der Waals surface area contributed by atoms with Gasteiger partial charge in [0.2, 0.25) is 0 Å². The fourth-order valence-electron chi connectivity index (χ4n) is 2.04. The lowest BCUT2D eigenvalue weighted by molar-refractivity contribution is 0.199. The molecule has 110 valence electrons. The molecule has 3 rings (SSSR count).